The minimum absolute atomic E-state index is 0.0843. The normalized spacial score (nSPS) is 12.4. The molecule has 0 amide bonds. The second kappa shape index (κ2) is 8.23. The van der Waals surface area contributed by atoms with Crippen LogP contribution in [0.25, 0.3) is 0 Å². The Hall–Kier alpha value is -2.53. The summed E-state index contributed by atoms with van der Waals surface area (Å²) in [5.41, 5.74) is -0.766. The Balaban J connectivity index is 2.29. The average molecular weight is 412 g/mol. The minimum atomic E-state index is -3.82. The van der Waals surface area contributed by atoms with Crippen LogP contribution in [0.2, 0.25) is 0 Å². The lowest BCUT2D eigenvalue weighted by molar-refractivity contribution is -0.386. The molecule has 0 spiro atoms. The van der Waals surface area contributed by atoms with E-state index in [2.05, 4.69) is 10.1 Å². The number of nitro groups is 1. The SMILES string of the molecule is CCN(CC)S(=O)(=O)c1ccc(OCc2nc(C(C)(C)C)no2)c([N+](=O)[O-])c1. The molecule has 0 radical (unpaired) electrons. The molecule has 1 heterocycles. The van der Waals surface area contributed by atoms with Crippen LogP contribution in [0.1, 0.15) is 46.3 Å². The molecule has 2 rings (SSSR count). The van der Waals surface area contributed by atoms with E-state index in [4.69, 9.17) is 9.26 Å². The van der Waals surface area contributed by atoms with Crippen LogP contribution in [-0.2, 0) is 22.0 Å². The first-order valence-corrected chi connectivity index (χ1v) is 10.2. The number of aromatic nitrogens is 2. The van der Waals surface area contributed by atoms with Crippen LogP contribution in [0.4, 0.5) is 5.69 Å². The monoisotopic (exact) mass is 412 g/mol. The Bertz CT molecular complexity index is 945. The average Bonchev–Trinajstić information content (AvgIpc) is 3.10. The zero-order chi connectivity index (χ0) is 21.1. The van der Waals surface area contributed by atoms with Crippen LogP contribution in [0.3, 0.4) is 0 Å². The van der Waals surface area contributed by atoms with Crippen molar-refractivity contribution in [2.24, 2.45) is 0 Å². The fourth-order valence-corrected chi connectivity index (χ4v) is 3.87. The van der Waals surface area contributed by atoms with E-state index in [0.717, 1.165) is 6.07 Å². The van der Waals surface area contributed by atoms with E-state index in [1.165, 1.54) is 16.4 Å². The predicted octanol–water partition coefficient (Wildman–Crippen LogP) is 2.88. The van der Waals surface area contributed by atoms with Gasteiger partial charge in [-0.1, -0.05) is 39.8 Å². The second-order valence-electron chi connectivity index (χ2n) is 7.03. The lowest BCUT2D eigenvalue weighted by Crippen LogP contribution is -2.30. The summed E-state index contributed by atoms with van der Waals surface area (Å²) in [6.45, 7) is 9.50. The molecule has 1 aromatic heterocycles. The van der Waals surface area contributed by atoms with E-state index in [1.54, 1.807) is 13.8 Å². The molecular weight excluding hydrogens is 388 g/mol. The first-order chi connectivity index (χ1) is 13.0. The van der Waals surface area contributed by atoms with Crippen molar-refractivity contribution in [2.45, 2.75) is 51.5 Å². The number of sulfonamides is 1. The lowest BCUT2D eigenvalue weighted by atomic mass is 9.96. The standard InChI is InChI=1S/C17H24N4O6S/c1-6-20(7-2)28(24,25)12-8-9-14(13(10-12)21(22)23)26-11-15-18-16(19-27-15)17(3,4)5/h8-10H,6-7,11H2,1-5H3. The Morgan fingerprint density at radius 3 is 2.39 bits per heavy atom. The predicted molar refractivity (Wildman–Crippen MR) is 101 cm³/mol. The molecule has 0 aliphatic heterocycles. The lowest BCUT2D eigenvalue weighted by Gasteiger charge is -2.18. The van der Waals surface area contributed by atoms with Gasteiger partial charge < -0.3 is 9.26 Å². The summed E-state index contributed by atoms with van der Waals surface area (Å²) in [5, 5.41) is 15.3. The molecule has 0 fully saturated rings. The van der Waals surface area contributed by atoms with Crippen molar-refractivity contribution >= 4 is 15.7 Å². The first kappa shape index (κ1) is 21.8. The molecule has 28 heavy (non-hydrogen) atoms. The zero-order valence-electron chi connectivity index (χ0n) is 16.5. The van der Waals surface area contributed by atoms with E-state index in [0.29, 0.717) is 5.82 Å². The van der Waals surface area contributed by atoms with Crippen molar-refractivity contribution in [3.05, 3.63) is 40.0 Å². The maximum Gasteiger partial charge on any atom is 0.312 e. The maximum atomic E-state index is 12.6. The molecule has 0 aliphatic rings. The highest BCUT2D eigenvalue weighted by Crippen LogP contribution is 2.31. The number of benzene rings is 1. The van der Waals surface area contributed by atoms with Gasteiger partial charge in [0, 0.05) is 24.6 Å². The van der Waals surface area contributed by atoms with Gasteiger partial charge >= 0.3 is 5.69 Å². The zero-order valence-corrected chi connectivity index (χ0v) is 17.3. The quantitative estimate of drug-likeness (QED) is 0.478. The molecule has 11 heteroatoms. The Kier molecular flexibility index (Phi) is 6.40. The minimum Gasteiger partial charge on any atom is -0.477 e. The van der Waals surface area contributed by atoms with Gasteiger partial charge in [0.05, 0.1) is 9.82 Å². The van der Waals surface area contributed by atoms with Gasteiger partial charge in [-0.2, -0.15) is 9.29 Å². The van der Waals surface area contributed by atoms with Crippen molar-refractivity contribution in [3.63, 3.8) is 0 Å². The third-order valence-corrected chi connectivity index (χ3v) is 6.01. The third-order valence-electron chi connectivity index (χ3n) is 3.96. The molecule has 154 valence electrons. The van der Waals surface area contributed by atoms with Crippen LogP contribution in [0.5, 0.6) is 5.75 Å². The smallest absolute Gasteiger partial charge is 0.312 e. The summed E-state index contributed by atoms with van der Waals surface area (Å²) < 4.78 is 36.9. The summed E-state index contributed by atoms with van der Waals surface area (Å²) in [7, 11) is -3.82. The van der Waals surface area contributed by atoms with Gasteiger partial charge in [-0.25, -0.2) is 8.42 Å². The number of hydrogen-bond acceptors (Lipinski definition) is 8. The van der Waals surface area contributed by atoms with Crippen LogP contribution < -0.4 is 4.74 Å². The highest BCUT2D eigenvalue weighted by atomic mass is 32.2. The van der Waals surface area contributed by atoms with Crippen molar-refractivity contribution in [3.8, 4) is 5.75 Å². The molecule has 0 bridgehead atoms. The molecule has 0 saturated carbocycles. The fraction of sp³-hybridized carbons (Fsp3) is 0.529. The molecule has 0 atom stereocenters. The maximum absolute atomic E-state index is 12.6. The van der Waals surface area contributed by atoms with Gasteiger partial charge in [-0.15, -0.1) is 0 Å². The van der Waals surface area contributed by atoms with Crippen LogP contribution >= 0.6 is 0 Å². The van der Waals surface area contributed by atoms with Gasteiger partial charge in [0.15, 0.2) is 18.2 Å². The van der Waals surface area contributed by atoms with Crippen LogP contribution in [-0.4, -0.2) is 40.9 Å². The van der Waals surface area contributed by atoms with E-state index in [-0.39, 0.29) is 41.6 Å². The summed E-state index contributed by atoms with van der Waals surface area (Å²) in [6, 6.07) is 3.54. The van der Waals surface area contributed by atoms with Crippen molar-refractivity contribution in [1.82, 2.24) is 14.4 Å². The summed E-state index contributed by atoms with van der Waals surface area (Å²) in [4.78, 5) is 14.8. The van der Waals surface area contributed by atoms with Crippen molar-refractivity contribution in [2.75, 3.05) is 13.1 Å². The van der Waals surface area contributed by atoms with Crippen molar-refractivity contribution in [1.29, 1.82) is 0 Å². The van der Waals surface area contributed by atoms with E-state index < -0.39 is 20.6 Å². The Labute approximate surface area is 163 Å². The van der Waals surface area contributed by atoms with E-state index >= 15 is 0 Å². The van der Waals surface area contributed by atoms with Crippen LogP contribution in [0.15, 0.2) is 27.6 Å². The van der Waals surface area contributed by atoms with Gasteiger partial charge in [0.1, 0.15) is 0 Å². The number of hydrogen-bond donors (Lipinski definition) is 0. The number of nitro benzene ring substituents is 1. The van der Waals surface area contributed by atoms with Gasteiger partial charge in [-0.05, 0) is 12.1 Å². The van der Waals surface area contributed by atoms with E-state index in [1.807, 2.05) is 20.8 Å². The molecule has 0 saturated heterocycles. The molecule has 10 nitrogen and oxygen atoms in total. The summed E-state index contributed by atoms with van der Waals surface area (Å²) in [5.74, 6) is 0.569. The molecule has 0 unspecified atom stereocenters. The summed E-state index contributed by atoms with van der Waals surface area (Å²) in [6.07, 6.45) is 0. The van der Waals surface area contributed by atoms with Gasteiger partial charge in [0.25, 0.3) is 5.89 Å². The molecule has 0 N–H and O–H groups in total. The van der Waals surface area contributed by atoms with Crippen molar-refractivity contribution < 1.29 is 22.6 Å². The van der Waals surface area contributed by atoms with Gasteiger partial charge in [0.2, 0.25) is 10.0 Å². The topological polar surface area (TPSA) is 129 Å². The number of nitrogens with zero attached hydrogens (tertiary/aromatic N) is 4. The first-order valence-electron chi connectivity index (χ1n) is 8.75. The molecular formula is C17H24N4O6S. The molecule has 1 aromatic carbocycles. The second-order valence-corrected chi connectivity index (χ2v) is 8.96. The highest BCUT2D eigenvalue weighted by Gasteiger charge is 2.27. The van der Waals surface area contributed by atoms with Gasteiger partial charge in [-0.3, -0.25) is 10.1 Å². The Morgan fingerprint density at radius 1 is 1.25 bits per heavy atom. The number of ether oxygens (including phenoxy) is 1. The van der Waals surface area contributed by atoms with E-state index in [9.17, 15) is 18.5 Å². The van der Waals surface area contributed by atoms with Crippen LogP contribution in [0, 0.1) is 10.1 Å². The molecule has 0 aliphatic carbocycles. The fourth-order valence-electron chi connectivity index (χ4n) is 2.39. The Morgan fingerprint density at radius 2 is 1.89 bits per heavy atom. The third kappa shape index (κ3) is 4.65. The summed E-state index contributed by atoms with van der Waals surface area (Å²) >= 11 is 0. The highest BCUT2D eigenvalue weighted by molar-refractivity contribution is 7.89. The largest absolute Gasteiger partial charge is 0.477 e. The number of rotatable bonds is 8. The molecule has 2 aromatic rings.